The number of carbonyl (C=O) groups is 1. The maximum Gasteiger partial charge on any atom is 0.257 e. The topological polar surface area (TPSA) is 125 Å². The molecule has 2 heterocycles. The summed E-state index contributed by atoms with van der Waals surface area (Å²) in [5, 5.41) is 13.6. The normalized spacial score (nSPS) is 16.9. The van der Waals surface area contributed by atoms with Crippen molar-refractivity contribution in [2.45, 2.75) is 19.1 Å². The number of tetrazole rings is 1. The molecule has 4 rings (SSSR count). The SMILES string of the molecule is CCC#CCOc1ccc(C=CC(=O)c2cccc3c2OC(N)(c2nn[nH]n2)CO3)cc1. The van der Waals surface area contributed by atoms with E-state index >= 15 is 0 Å². The summed E-state index contributed by atoms with van der Waals surface area (Å²) >= 11 is 0. The summed E-state index contributed by atoms with van der Waals surface area (Å²) in [4.78, 5) is 12.9. The van der Waals surface area contributed by atoms with Crippen molar-refractivity contribution in [1.29, 1.82) is 0 Å². The molecule has 0 bridgehead atoms. The number of rotatable bonds is 6. The van der Waals surface area contributed by atoms with Crippen LogP contribution in [0.4, 0.5) is 0 Å². The van der Waals surface area contributed by atoms with Gasteiger partial charge in [-0.15, -0.1) is 16.1 Å². The first-order chi connectivity index (χ1) is 15.6. The largest absolute Gasteiger partial charge is 0.483 e. The summed E-state index contributed by atoms with van der Waals surface area (Å²) in [5.74, 6) is 7.10. The Labute approximate surface area is 184 Å². The predicted octanol–water partition coefficient (Wildman–Crippen LogP) is 2.47. The van der Waals surface area contributed by atoms with Gasteiger partial charge in [0, 0.05) is 6.42 Å². The van der Waals surface area contributed by atoms with Gasteiger partial charge >= 0.3 is 0 Å². The molecule has 0 aliphatic carbocycles. The third kappa shape index (κ3) is 4.61. The number of H-pyrrole nitrogens is 1. The number of nitrogens with one attached hydrogen (secondary N) is 1. The number of hydrogen-bond donors (Lipinski definition) is 2. The molecule has 162 valence electrons. The van der Waals surface area contributed by atoms with Gasteiger partial charge in [-0.1, -0.05) is 37.1 Å². The van der Waals surface area contributed by atoms with Crippen molar-refractivity contribution < 1.29 is 19.0 Å². The molecule has 1 aromatic heterocycles. The van der Waals surface area contributed by atoms with Gasteiger partial charge in [0.1, 0.15) is 19.0 Å². The fraction of sp³-hybridized carbons (Fsp3) is 0.217. The Kier molecular flexibility index (Phi) is 6.14. The third-order valence-corrected chi connectivity index (χ3v) is 4.61. The van der Waals surface area contributed by atoms with Crippen LogP contribution < -0.4 is 19.9 Å². The molecule has 9 heteroatoms. The van der Waals surface area contributed by atoms with Gasteiger partial charge in [-0.05, 0) is 41.1 Å². The minimum absolute atomic E-state index is 0.0224. The van der Waals surface area contributed by atoms with Crippen molar-refractivity contribution in [3.63, 3.8) is 0 Å². The maximum atomic E-state index is 12.9. The predicted molar refractivity (Wildman–Crippen MR) is 116 cm³/mol. The Bertz CT molecular complexity index is 1180. The van der Waals surface area contributed by atoms with E-state index in [4.69, 9.17) is 19.9 Å². The highest BCUT2D eigenvalue weighted by molar-refractivity contribution is 6.09. The monoisotopic (exact) mass is 431 g/mol. The van der Waals surface area contributed by atoms with Crippen molar-refractivity contribution in [2.24, 2.45) is 5.73 Å². The lowest BCUT2D eigenvalue weighted by molar-refractivity contribution is -0.0154. The standard InChI is InChI=1S/C23H21N5O4/c1-2-3-4-14-30-17-11-8-16(9-12-17)10-13-19(29)18-6-5-7-20-21(18)32-23(24,15-31-20)22-25-27-28-26-22/h5-13H,2,14-15,24H2,1H3,(H,25,26,27,28). The molecule has 1 aliphatic rings. The second-order valence-electron chi connectivity index (χ2n) is 6.91. The summed E-state index contributed by atoms with van der Waals surface area (Å²) in [6.45, 7) is 2.31. The lowest BCUT2D eigenvalue weighted by Gasteiger charge is -2.33. The van der Waals surface area contributed by atoms with Crippen molar-refractivity contribution in [2.75, 3.05) is 13.2 Å². The number of hydrogen-bond acceptors (Lipinski definition) is 8. The lowest BCUT2D eigenvalue weighted by Crippen LogP contribution is -2.51. The zero-order valence-corrected chi connectivity index (χ0v) is 17.4. The first-order valence-electron chi connectivity index (χ1n) is 9.97. The van der Waals surface area contributed by atoms with Crippen LogP contribution in [0.1, 0.15) is 35.1 Å². The summed E-state index contributed by atoms with van der Waals surface area (Å²) < 4.78 is 17.2. The highest BCUT2D eigenvalue weighted by Crippen LogP contribution is 2.39. The smallest absolute Gasteiger partial charge is 0.257 e. The minimum Gasteiger partial charge on any atom is -0.483 e. The van der Waals surface area contributed by atoms with E-state index in [9.17, 15) is 4.79 Å². The van der Waals surface area contributed by atoms with Crippen molar-refractivity contribution >= 4 is 11.9 Å². The summed E-state index contributed by atoms with van der Waals surface area (Å²) in [5.41, 5.74) is 5.95. The van der Waals surface area contributed by atoms with E-state index in [0.29, 0.717) is 23.7 Å². The molecule has 0 spiro atoms. The number of aromatic nitrogens is 4. The fourth-order valence-electron chi connectivity index (χ4n) is 3.01. The lowest BCUT2D eigenvalue weighted by atomic mass is 10.1. The van der Waals surface area contributed by atoms with Crippen molar-refractivity contribution in [3.05, 3.63) is 65.5 Å². The quantitative estimate of drug-likeness (QED) is 0.346. The molecule has 3 aromatic rings. The molecule has 0 saturated carbocycles. The zero-order chi connectivity index (χ0) is 22.4. The Morgan fingerprint density at radius 1 is 1.28 bits per heavy atom. The maximum absolute atomic E-state index is 12.9. The summed E-state index contributed by atoms with van der Waals surface area (Å²) in [7, 11) is 0. The van der Waals surface area contributed by atoms with Gasteiger partial charge in [0.05, 0.1) is 5.56 Å². The van der Waals surface area contributed by atoms with E-state index in [0.717, 1.165) is 12.0 Å². The average molecular weight is 431 g/mol. The van der Waals surface area contributed by atoms with Crippen LogP contribution in [-0.2, 0) is 5.72 Å². The Hall–Kier alpha value is -4.16. The fourth-order valence-corrected chi connectivity index (χ4v) is 3.01. The van der Waals surface area contributed by atoms with E-state index in [-0.39, 0.29) is 24.0 Å². The second-order valence-corrected chi connectivity index (χ2v) is 6.91. The van der Waals surface area contributed by atoms with E-state index in [1.54, 1.807) is 24.3 Å². The first-order valence-corrected chi connectivity index (χ1v) is 9.97. The number of ketones is 1. The number of aromatic amines is 1. The van der Waals surface area contributed by atoms with Crippen LogP contribution in [-0.4, -0.2) is 39.6 Å². The molecule has 3 N–H and O–H groups in total. The summed E-state index contributed by atoms with van der Waals surface area (Å²) in [6, 6.07) is 12.4. The highest BCUT2D eigenvalue weighted by Gasteiger charge is 2.41. The molecule has 1 atom stereocenters. The van der Waals surface area contributed by atoms with Crippen LogP contribution in [0.25, 0.3) is 6.08 Å². The average Bonchev–Trinajstić information content (AvgIpc) is 3.37. The highest BCUT2D eigenvalue weighted by atomic mass is 16.6. The van der Waals surface area contributed by atoms with Crippen LogP contribution in [0.15, 0.2) is 48.5 Å². The van der Waals surface area contributed by atoms with E-state index in [1.807, 2.05) is 31.2 Å². The Morgan fingerprint density at radius 3 is 2.88 bits per heavy atom. The van der Waals surface area contributed by atoms with Gasteiger partial charge < -0.3 is 14.2 Å². The molecule has 0 radical (unpaired) electrons. The number of fused-ring (bicyclic) bond motifs is 1. The van der Waals surface area contributed by atoms with Crippen LogP contribution >= 0.6 is 0 Å². The van der Waals surface area contributed by atoms with E-state index in [2.05, 4.69) is 32.5 Å². The number of allylic oxidation sites excluding steroid dienone is 1. The van der Waals surface area contributed by atoms with Crippen LogP contribution in [0, 0.1) is 11.8 Å². The van der Waals surface area contributed by atoms with Crippen molar-refractivity contribution in [1.82, 2.24) is 20.6 Å². The van der Waals surface area contributed by atoms with Gasteiger partial charge in [0.25, 0.3) is 5.72 Å². The van der Waals surface area contributed by atoms with Crippen LogP contribution in [0.2, 0.25) is 0 Å². The number of nitrogens with two attached hydrogens (primary N) is 1. The molecule has 1 unspecified atom stereocenters. The first kappa shape index (κ1) is 21.1. The Morgan fingerprint density at radius 2 is 2.12 bits per heavy atom. The van der Waals surface area contributed by atoms with E-state index < -0.39 is 5.72 Å². The molecule has 1 aliphatic heterocycles. The van der Waals surface area contributed by atoms with Gasteiger partial charge in [0.2, 0.25) is 5.82 Å². The number of carbonyl (C=O) groups excluding carboxylic acids is 1. The number of nitrogens with zero attached hydrogens (tertiary/aromatic N) is 3. The zero-order valence-electron chi connectivity index (χ0n) is 17.4. The molecule has 2 aromatic carbocycles. The van der Waals surface area contributed by atoms with Crippen LogP contribution in [0.5, 0.6) is 17.2 Å². The Balaban J connectivity index is 1.48. The number of benzene rings is 2. The molecule has 9 nitrogen and oxygen atoms in total. The molecule has 0 fully saturated rings. The number of para-hydroxylation sites is 1. The van der Waals surface area contributed by atoms with Gasteiger partial charge in [-0.25, -0.2) is 0 Å². The van der Waals surface area contributed by atoms with Crippen LogP contribution in [0.3, 0.4) is 0 Å². The van der Waals surface area contributed by atoms with Crippen molar-refractivity contribution in [3.8, 4) is 29.1 Å². The number of ether oxygens (including phenoxy) is 3. The summed E-state index contributed by atoms with van der Waals surface area (Å²) in [6.07, 6.45) is 3.97. The van der Waals surface area contributed by atoms with Gasteiger partial charge in [-0.2, -0.15) is 5.21 Å². The van der Waals surface area contributed by atoms with Gasteiger partial charge in [-0.3, -0.25) is 10.5 Å². The molecular weight excluding hydrogens is 410 g/mol. The second kappa shape index (κ2) is 9.32. The third-order valence-electron chi connectivity index (χ3n) is 4.61. The van der Waals surface area contributed by atoms with Gasteiger partial charge in [0.15, 0.2) is 17.3 Å². The molecule has 0 amide bonds. The molecular formula is C23H21N5O4. The molecule has 32 heavy (non-hydrogen) atoms. The molecule has 0 saturated heterocycles. The van der Waals surface area contributed by atoms with E-state index in [1.165, 1.54) is 6.08 Å². The minimum atomic E-state index is -1.46.